The van der Waals surface area contributed by atoms with E-state index in [0.29, 0.717) is 5.56 Å². The van der Waals surface area contributed by atoms with Crippen LogP contribution in [0.2, 0.25) is 0 Å². The molecule has 1 aliphatic rings. The van der Waals surface area contributed by atoms with E-state index in [-0.39, 0.29) is 15.5 Å². The molecule has 1 atom stereocenters. The Morgan fingerprint density at radius 3 is 2.79 bits per heavy atom. The largest absolute Gasteiger partial charge is 0.760 e. The zero-order valence-corrected chi connectivity index (χ0v) is 7.77. The van der Waals surface area contributed by atoms with Crippen LogP contribution in [-0.4, -0.2) is 19.2 Å². The Kier molecular flexibility index (Phi) is 1.84. The average Bonchev–Trinajstić information content (AvgIpc) is 2.42. The Labute approximate surface area is 81.2 Å². The fraction of sp³-hybridized carbons (Fsp3) is 0. The second-order valence-electron chi connectivity index (χ2n) is 2.87. The molecule has 0 aliphatic carbocycles. The molecule has 0 saturated heterocycles. The molecular formula is C8H7NO4S. The summed E-state index contributed by atoms with van der Waals surface area (Å²) in [5.41, 5.74) is 0.525. The van der Waals surface area contributed by atoms with Gasteiger partial charge >= 0.3 is 5.69 Å². The fourth-order valence-corrected chi connectivity index (χ4v) is 2.51. The Morgan fingerprint density at radius 2 is 2.14 bits per heavy atom. The molecule has 74 valence electrons. The van der Waals surface area contributed by atoms with Gasteiger partial charge in [0.2, 0.25) is 0 Å². The summed E-state index contributed by atoms with van der Waals surface area (Å²) < 4.78 is 20.8. The lowest BCUT2D eigenvalue weighted by atomic mass is 10.2. The minimum atomic E-state index is -3.17. The Hall–Kier alpha value is -1.37. The maximum absolute atomic E-state index is 11.4. The third-order valence-electron chi connectivity index (χ3n) is 1.97. The molecule has 0 bridgehead atoms. The topological polar surface area (TPSA) is 83.6 Å². The summed E-state index contributed by atoms with van der Waals surface area (Å²) in [6.07, 6.45) is 1.51. The third kappa shape index (κ3) is 1.29. The van der Waals surface area contributed by atoms with Crippen LogP contribution in [0, 0.1) is 4.91 Å². The van der Waals surface area contributed by atoms with Crippen molar-refractivity contribution in [1.82, 2.24) is 0 Å². The van der Waals surface area contributed by atoms with Crippen LogP contribution in [0.1, 0.15) is 5.56 Å². The van der Waals surface area contributed by atoms with Gasteiger partial charge in [-0.2, -0.15) is 0 Å². The molecule has 0 radical (unpaired) electrons. The summed E-state index contributed by atoms with van der Waals surface area (Å²) in [5, 5.41) is 9.78. The van der Waals surface area contributed by atoms with Crippen LogP contribution in [0.4, 0.5) is 5.69 Å². The number of hydrogen-bond donors (Lipinski definition) is 2. The lowest BCUT2D eigenvalue weighted by Crippen LogP contribution is -1.96. The van der Waals surface area contributed by atoms with Crippen molar-refractivity contribution in [3.63, 3.8) is 0 Å². The van der Waals surface area contributed by atoms with Gasteiger partial charge in [-0.25, -0.2) is 5.21 Å². The summed E-state index contributed by atoms with van der Waals surface area (Å²) in [6.45, 7) is 0. The zero-order valence-electron chi connectivity index (χ0n) is 6.95. The van der Waals surface area contributed by atoms with E-state index in [0.717, 1.165) is 0 Å². The molecule has 1 aliphatic heterocycles. The summed E-state index contributed by atoms with van der Waals surface area (Å²) in [6, 6.07) is 4.08. The second kappa shape index (κ2) is 2.81. The first kappa shape index (κ1) is 9.20. The second-order valence-corrected chi connectivity index (χ2v) is 4.72. The van der Waals surface area contributed by atoms with Crippen molar-refractivity contribution < 1.29 is 19.2 Å². The van der Waals surface area contributed by atoms with Crippen LogP contribution in [0.15, 0.2) is 28.5 Å². The van der Waals surface area contributed by atoms with E-state index in [1.807, 2.05) is 0 Å². The van der Waals surface area contributed by atoms with Gasteiger partial charge in [0.05, 0.1) is 4.91 Å². The van der Waals surface area contributed by atoms with Gasteiger partial charge in [-0.05, 0) is 23.1 Å². The van der Waals surface area contributed by atoms with E-state index in [9.17, 15) is 14.0 Å². The fourth-order valence-electron chi connectivity index (χ4n) is 1.27. The van der Waals surface area contributed by atoms with Crippen molar-refractivity contribution in [3.8, 4) is 0 Å². The first-order valence-corrected chi connectivity index (χ1v) is 5.33. The molecule has 0 fully saturated rings. The maximum atomic E-state index is 11.4. The van der Waals surface area contributed by atoms with Crippen molar-refractivity contribution in [1.29, 1.82) is 0 Å². The molecule has 0 amide bonds. The van der Waals surface area contributed by atoms with Crippen molar-refractivity contribution >= 4 is 22.4 Å². The summed E-state index contributed by atoms with van der Waals surface area (Å²) in [4.78, 5) is 10.4. The minimum absolute atomic E-state index is 0.0609. The standard InChI is InChI=1S/C8H7NO4S/c10-9(11)7-2-1-6-3-4-14(12,13)8(6)5-7/h1-5H,(H2-,10,11,12,13). The molecule has 14 heavy (non-hydrogen) atoms. The van der Waals surface area contributed by atoms with Crippen molar-refractivity contribution in [3.05, 3.63) is 34.1 Å². The number of hydrogen-bond acceptors (Lipinski definition) is 3. The van der Waals surface area contributed by atoms with Gasteiger partial charge in [-0.1, -0.05) is 0 Å². The number of benzene rings is 1. The van der Waals surface area contributed by atoms with E-state index in [1.54, 1.807) is 0 Å². The summed E-state index contributed by atoms with van der Waals surface area (Å²) in [5.74, 6) is 0. The van der Waals surface area contributed by atoms with E-state index in [4.69, 9.17) is 5.21 Å². The minimum Gasteiger partial charge on any atom is -0.760 e. The van der Waals surface area contributed by atoms with Gasteiger partial charge in [-0.15, -0.1) is 0 Å². The van der Waals surface area contributed by atoms with E-state index < -0.39 is 10.6 Å². The van der Waals surface area contributed by atoms with Crippen LogP contribution in [-0.2, 0) is 0 Å². The predicted molar refractivity (Wildman–Crippen MR) is 49.8 cm³/mol. The molecule has 6 heteroatoms. The highest BCUT2D eigenvalue weighted by molar-refractivity contribution is 8.27. The SMILES string of the molecule is O=[N+](O)c1ccc2c(c1)S([O-])(O)C=C2. The molecule has 2 rings (SSSR count). The lowest BCUT2D eigenvalue weighted by Gasteiger charge is -2.39. The van der Waals surface area contributed by atoms with Crippen LogP contribution in [0.5, 0.6) is 0 Å². The van der Waals surface area contributed by atoms with Gasteiger partial charge in [-0.3, -0.25) is 0 Å². The first-order chi connectivity index (χ1) is 6.50. The summed E-state index contributed by atoms with van der Waals surface area (Å²) >= 11 is 0. The highest BCUT2D eigenvalue weighted by Crippen LogP contribution is 2.56. The maximum Gasteiger partial charge on any atom is 0.318 e. The molecule has 1 heterocycles. The molecule has 0 saturated carbocycles. The Morgan fingerprint density at radius 1 is 1.43 bits per heavy atom. The smallest absolute Gasteiger partial charge is 0.318 e. The van der Waals surface area contributed by atoms with Gasteiger partial charge in [0.15, 0.2) is 0 Å². The molecule has 5 nitrogen and oxygen atoms in total. The third-order valence-corrected chi connectivity index (χ3v) is 3.45. The van der Waals surface area contributed by atoms with Crippen molar-refractivity contribution in [2.24, 2.45) is 0 Å². The van der Waals surface area contributed by atoms with Crippen LogP contribution in [0.3, 0.4) is 0 Å². The van der Waals surface area contributed by atoms with Gasteiger partial charge in [0.25, 0.3) is 4.92 Å². The predicted octanol–water partition coefficient (Wildman–Crippen LogP) is 2.24. The van der Waals surface area contributed by atoms with Gasteiger partial charge < -0.3 is 19.7 Å². The van der Waals surface area contributed by atoms with E-state index in [2.05, 4.69) is 0 Å². The lowest BCUT2D eigenvalue weighted by molar-refractivity contribution is -0.729. The molecule has 1 aromatic carbocycles. The molecular weight excluding hydrogens is 206 g/mol. The van der Waals surface area contributed by atoms with Crippen LogP contribution < -0.4 is 0 Å². The van der Waals surface area contributed by atoms with Crippen molar-refractivity contribution in [2.75, 3.05) is 0 Å². The Balaban J connectivity index is 2.57. The first-order valence-electron chi connectivity index (χ1n) is 3.76. The molecule has 0 spiro atoms. The molecule has 2 N–H and O–H groups in total. The highest BCUT2D eigenvalue weighted by atomic mass is 32.3. The van der Waals surface area contributed by atoms with Crippen LogP contribution >= 0.6 is 10.6 Å². The van der Waals surface area contributed by atoms with Gasteiger partial charge in [0, 0.05) is 17.0 Å². The number of nitrogens with zero attached hydrogens (tertiary/aromatic N) is 1. The number of fused-ring (bicyclic) bond motifs is 1. The van der Waals surface area contributed by atoms with E-state index >= 15 is 0 Å². The molecule has 1 unspecified atom stereocenters. The monoisotopic (exact) mass is 213 g/mol. The normalized spacial score (nSPS) is 28.1. The van der Waals surface area contributed by atoms with Crippen molar-refractivity contribution in [2.45, 2.75) is 4.90 Å². The molecule has 1 aromatic rings. The average molecular weight is 213 g/mol. The van der Waals surface area contributed by atoms with Gasteiger partial charge in [0.1, 0.15) is 0 Å². The molecule has 0 aromatic heterocycles. The van der Waals surface area contributed by atoms with E-state index in [1.165, 1.54) is 29.7 Å². The quantitative estimate of drug-likeness (QED) is 0.700. The summed E-state index contributed by atoms with van der Waals surface area (Å²) in [7, 11) is -3.17. The van der Waals surface area contributed by atoms with Crippen LogP contribution in [0.25, 0.3) is 6.08 Å². The highest BCUT2D eigenvalue weighted by Gasteiger charge is 2.20. The number of rotatable bonds is 1. The zero-order chi connectivity index (χ0) is 10.3. The Bertz CT molecular complexity index is 441.